The van der Waals surface area contributed by atoms with Crippen LogP contribution in [0.2, 0.25) is 0 Å². The van der Waals surface area contributed by atoms with Crippen LogP contribution in [0.5, 0.6) is 0 Å². The summed E-state index contributed by atoms with van der Waals surface area (Å²) in [5.74, 6) is 0. The van der Waals surface area contributed by atoms with E-state index in [0.29, 0.717) is 0 Å². The van der Waals surface area contributed by atoms with Crippen molar-refractivity contribution < 1.29 is 9.53 Å². The highest BCUT2D eigenvalue weighted by Gasteiger charge is 2.26. The first-order valence-corrected chi connectivity index (χ1v) is 11.2. The van der Waals surface area contributed by atoms with Crippen LogP contribution in [-0.2, 0) is 4.74 Å². The molecule has 6 heteroatoms. The zero-order valence-corrected chi connectivity index (χ0v) is 18.9. The van der Waals surface area contributed by atoms with Gasteiger partial charge in [0.05, 0.1) is 16.2 Å². The maximum Gasteiger partial charge on any atom is 0.419 e. The van der Waals surface area contributed by atoms with Crippen molar-refractivity contribution in [2.24, 2.45) is 0 Å². The number of ether oxygens (including phenoxy) is 1. The average Bonchev–Trinajstić information content (AvgIpc) is 3.06. The number of carbonyl (C=O) groups excluding carboxylic acids is 1. The van der Waals surface area contributed by atoms with E-state index in [1.807, 2.05) is 39.0 Å². The Hall–Kier alpha value is -2.44. The van der Waals surface area contributed by atoms with E-state index in [0.717, 1.165) is 52.7 Å². The summed E-state index contributed by atoms with van der Waals surface area (Å²) in [6, 6.07) is 18.5. The highest BCUT2D eigenvalue weighted by atomic mass is 32.2. The summed E-state index contributed by atoms with van der Waals surface area (Å²) in [5.41, 5.74) is 1.45. The van der Waals surface area contributed by atoms with Gasteiger partial charge in [0.15, 0.2) is 0 Å². The number of likely N-dealkylation sites (N-methyl/N-ethyl adjacent to an activating group) is 1. The lowest BCUT2D eigenvalue weighted by molar-refractivity contribution is 0.0532. The predicted octanol–water partition coefficient (Wildman–Crippen LogP) is 5.33. The summed E-state index contributed by atoms with van der Waals surface area (Å²) >= 11 is 1.59. The number of para-hydroxylation sites is 1. The van der Waals surface area contributed by atoms with Gasteiger partial charge in [0.1, 0.15) is 5.60 Å². The molecule has 0 atom stereocenters. The average molecular weight is 424 g/mol. The smallest absolute Gasteiger partial charge is 0.419 e. The lowest BCUT2D eigenvalue weighted by atomic mass is 10.2. The van der Waals surface area contributed by atoms with Crippen molar-refractivity contribution in [2.75, 3.05) is 38.1 Å². The first-order valence-electron chi connectivity index (χ1n) is 10.4. The van der Waals surface area contributed by atoms with Crippen molar-refractivity contribution in [3.8, 4) is 0 Å². The number of hydrogen-bond donors (Lipinski definition) is 0. The summed E-state index contributed by atoms with van der Waals surface area (Å²) in [4.78, 5) is 19.1. The van der Waals surface area contributed by atoms with E-state index in [-0.39, 0.29) is 6.09 Å². The number of aromatic nitrogens is 1. The molecule has 0 unspecified atom stereocenters. The number of carbonyl (C=O) groups is 1. The zero-order valence-electron chi connectivity index (χ0n) is 18.1. The topological polar surface area (TPSA) is 37.7 Å². The van der Waals surface area contributed by atoms with Gasteiger partial charge >= 0.3 is 6.09 Å². The number of benzene rings is 2. The molecule has 1 saturated heterocycles. The molecule has 0 radical (unpaired) electrons. The maximum atomic E-state index is 13.3. The fraction of sp³-hybridized carbons (Fsp3) is 0.375. The second-order valence-corrected chi connectivity index (χ2v) is 9.81. The molecule has 1 aromatic heterocycles. The standard InChI is InChI=1S/C24H29N3O2S/c1-24(2,3)29-23(28)27-21(30-19-10-6-5-7-11-19)17-18-9-8-12-20(22(18)27)26-15-13-25(4)14-16-26/h5-12,17H,13-16H2,1-4H3. The van der Waals surface area contributed by atoms with Gasteiger partial charge in [0.2, 0.25) is 0 Å². The van der Waals surface area contributed by atoms with E-state index < -0.39 is 5.60 Å². The third kappa shape index (κ3) is 4.50. The van der Waals surface area contributed by atoms with Crippen LogP contribution in [0.15, 0.2) is 64.5 Å². The third-order valence-electron chi connectivity index (χ3n) is 5.15. The molecule has 3 aromatic rings. The number of fused-ring (bicyclic) bond motifs is 1. The van der Waals surface area contributed by atoms with E-state index in [4.69, 9.17) is 4.74 Å². The van der Waals surface area contributed by atoms with Crippen molar-refractivity contribution >= 4 is 34.4 Å². The second-order valence-electron chi connectivity index (χ2n) is 8.72. The Morgan fingerprint density at radius 2 is 1.67 bits per heavy atom. The minimum Gasteiger partial charge on any atom is -0.443 e. The van der Waals surface area contributed by atoms with Gasteiger partial charge in [-0.15, -0.1) is 0 Å². The molecule has 4 rings (SSSR count). The Labute approximate surface area is 182 Å². The molecule has 0 saturated carbocycles. The van der Waals surface area contributed by atoms with Gasteiger partial charge in [-0.3, -0.25) is 0 Å². The van der Waals surface area contributed by atoms with Crippen LogP contribution in [-0.4, -0.2) is 54.4 Å². The fourth-order valence-corrected chi connectivity index (χ4v) is 4.67. The number of anilines is 1. The van der Waals surface area contributed by atoms with Crippen molar-refractivity contribution in [1.29, 1.82) is 0 Å². The van der Waals surface area contributed by atoms with E-state index in [2.05, 4.69) is 53.2 Å². The minimum absolute atomic E-state index is 0.336. The van der Waals surface area contributed by atoms with Crippen molar-refractivity contribution in [3.63, 3.8) is 0 Å². The Balaban J connectivity index is 1.83. The van der Waals surface area contributed by atoms with Gasteiger partial charge in [0.25, 0.3) is 0 Å². The zero-order chi connectivity index (χ0) is 21.3. The summed E-state index contributed by atoms with van der Waals surface area (Å²) in [5, 5.41) is 1.92. The Bertz CT molecular complexity index is 1030. The summed E-state index contributed by atoms with van der Waals surface area (Å²) in [6.45, 7) is 9.61. The minimum atomic E-state index is -0.564. The molecule has 5 nitrogen and oxygen atoms in total. The normalized spacial score (nSPS) is 15.5. The quantitative estimate of drug-likeness (QED) is 0.569. The van der Waals surface area contributed by atoms with Gasteiger partial charge < -0.3 is 14.5 Å². The predicted molar refractivity (Wildman–Crippen MR) is 124 cm³/mol. The SMILES string of the molecule is CN1CCN(c2cccc3cc(Sc4ccccc4)n(C(=O)OC(C)(C)C)c23)CC1. The lowest BCUT2D eigenvalue weighted by Crippen LogP contribution is -2.44. The third-order valence-corrected chi connectivity index (χ3v) is 6.17. The van der Waals surface area contributed by atoms with Crippen LogP contribution >= 0.6 is 11.8 Å². The summed E-state index contributed by atoms with van der Waals surface area (Å²) < 4.78 is 7.57. The molecule has 1 aliphatic rings. The van der Waals surface area contributed by atoms with Crippen molar-refractivity contribution in [3.05, 3.63) is 54.6 Å². The number of piperazine rings is 1. The van der Waals surface area contributed by atoms with Crippen LogP contribution in [0, 0.1) is 0 Å². The summed E-state index contributed by atoms with van der Waals surface area (Å²) in [7, 11) is 2.15. The molecule has 0 spiro atoms. The largest absolute Gasteiger partial charge is 0.443 e. The first kappa shape index (κ1) is 20.8. The molecule has 1 fully saturated rings. The van der Waals surface area contributed by atoms with Gasteiger partial charge in [-0.2, -0.15) is 0 Å². The monoisotopic (exact) mass is 423 g/mol. The molecular weight excluding hydrogens is 394 g/mol. The van der Waals surface area contributed by atoms with Gasteiger partial charge in [-0.1, -0.05) is 42.1 Å². The van der Waals surface area contributed by atoms with Crippen LogP contribution in [0.3, 0.4) is 0 Å². The fourth-order valence-electron chi connectivity index (χ4n) is 3.69. The molecule has 1 aliphatic heterocycles. The summed E-state index contributed by atoms with van der Waals surface area (Å²) in [6.07, 6.45) is -0.336. The maximum absolute atomic E-state index is 13.3. The molecule has 2 aromatic carbocycles. The molecule has 0 aliphatic carbocycles. The Morgan fingerprint density at radius 1 is 0.967 bits per heavy atom. The van der Waals surface area contributed by atoms with E-state index in [1.54, 1.807) is 16.3 Å². The number of rotatable bonds is 3. The number of hydrogen-bond acceptors (Lipinski definition) is 5. The van der Waals surface area contributed by atoms with Crippen molar-refractivity contribution in [1.82, 2.24) is 9.47 Å². The molecule has 30 heavy (non-hydrogen) atoms. The highest BCUT2D eigenvalue weighted by Crippen LogP contribution is 2.37. The van der Waals surface area contributed by atoms with Crippen molar-refractivity contribution in [2.45, 2.75) is 36.3 Å². The molecule has 0 N–H and O–H groups in total. The van der Waals surface area contributed by atoms with Crippen LogP contribution in [0.25, 0.3) is 10.9 Å². The first-order chi connectivity index (χ1) is 14.3. The van der Waals surface area contributed by atoms with Crippen LogP contribution < -0.4 is 4.90 Å². The van der Waals surface area contributed by atoms with Gasteiger partial charge in [-0.05, 0) is 52.1 Å². The molecule has 2 heterocycles. The van der Waals surface area contributed by atoms with Gasteiger partial charge in [0, 0.05) is 36.5 Å². The lowest BCUT2D eigenvalue weighted by Gasteiger charge is -2.34. The van der Waals surface area contributed by atoms with Crippen LogP contribution in [0.4, 0.5) is 10.5 Å². The van der Waals surface area contributed by atoms with Gasteiger partial charge in [-0.25, -0.2) is 9.36 Å². The van der Waals surface area contributed by atoms with Crippen LogP contribution in [0.1, 0.15) is 20.8 Å². The molecule has 158 valence electrons. The molecule has 0 bridgehead atoms. The van der Waals surface area contributed by atoms with E-state index in [1.165, 1.54) is 0 Å². The Morgan fingerprint density at radius 3 is 2.33 bits per heavy atom. The molecule has 0 amide bonds. The van der Waals surface area contributed by atoms with E-state index >= 15 is 0 Å². The highest BCUT2D eigenvalue weighted by molar-refractivity contribution is 7.99. The number of nitrogens with zero attached hydrogens (tertiary/aromatic N) is 3. The second kappa shape index (κ2) is 8.36. The van der Waals surface area contributed by atoms with E-state index in [9.17, 15) is 4.79 Å². The molecular formula is C24H29N3O2S. The Kier molecular flexibility index (Phi) is 5.80.